The molecule has 0 spiro atoms. The number of nitrogen functional groups attached to an aromatic ring is 1. The van der Waals surface area contributed by atoms with Crippen LogP contribution in [0.25, 0.3) is 0 Å². The van der Waals surface area contributed by atoms with Crippen molar-refractivity contribution in [3.8, 4) is 6.07 Å². The molecule has 5 nitrogen and oxygen atoms in total. The Morgan fingerprint density at radius 3 is 2.80 bits per heavy atom. The van der Waals surface area contributed by atoms with Crippen LogP contribution >= 0.6 is 11.6 Å². The Morgan fingerprint density at radius 2 is 2.20 bits per heavy atom. The second-order valence-electron chi connectivity index (χ2n) is 4.17. The topological polar surface area (TPSA) is 91.8 Å². The minimum Gasteiger partial charge on any atom is -0.398 e. The van der Waals surface area contributed by atoms with Crippen molar-refractivity contribution < 1.29 is 4.79 Å². The monoisotopic (exact) mass is 286 g/mol. The van der Waals surface area contributed by atoms with Gasteiger partial charge in [0, 0.05) is 17.6 Å². The Bertz CT molecular complexity index is 722. The summed E-state index contributed by atoms with van der Waals surface area (Å²) in [6, 6.07) is 8.20. The normalized spacial score (nSPS) is 9.85. The molecule has 1 aromatic carbocycles. The number of anilines is 2. The average molecular weight is 287 g/mol. The zero-order valence-corrected chi connectivity index (χ0v) is 11.4. The van der Waals surface area contributed by atoms with Crippen molar-refractivity contribution in [1.82, 2.24) is 4.98 Å². The zero-order chi connectivity index (χ0) is 14.7. The fraction of sp³-hybridized carbons (Fsp3) is 0.0714. The fourth-order valence-corrected chi connectivity index (χ4v) is 1.87. The van der Waals surface area contributed by atoms with Gasteiger partial charge in [0.15, 0.2) is 0 Å². The Kier molecular flexibility index (Phi) is 3.87. The Labute approximate surface area is 121 Å². The highest BCUT2D eigenvalue weighted by Crippen LogP contribution is 2.24. The zero-order valence-electron chi connectivity index (χ0n) is 10.6. The van der Waals surface area contributed by atoms with E-state index in [1.807, 2.05) is 6.07 Å². The van der Waals surface area contributed by atoms with Crippen LogP contribution in [0.3, 0.4) is 0 Å². The largest absolute Gasteiger partial charge is 0.398 e. The first-order valence-corrected chi connectivity index (χ1v) is 6.12. The van der Waals surface area contributed by atoms with Crippen molar-refractivity contribution in [3.63, 3.8) is 0 Å². The van der Waals surface area contributed by atoms with Crippen molar-refractivity contribution in [2.45, 2.75) is 6.92 Å². The van der Waals surface area contributed by atoms with E-state index in [-0.39, 0.29) is 10.6 Å². The SMILES string of the molecule is Cc1cc(N)c(C(=O)Nc2ccc(C#N)cc2Cl)cn1. The maximum absolute atomic E-state index is 12.1. The summed E-state index contributed by atoms with van der Waals surface area (Å²) >= 11 is 5.99. The van der Waals surface area contributed by atoms with E-state index in [1.165, 1.54) is 12.3 Å². The second-order valence-corrected chi connectivity index (χ2v) is 4.58. The highest BCUT2D eigenvalue weighted by atomic mass is 35.5. The number of rotatable bonds is 2. The first kappa shape index (κ1) is 13.8. The van der Waals surface area contributed by atoms with Gasteiger partial charge in [-0.15, -0.1) is 0 Å². The number of halogens is 1. The van der Waals surface area contributed by atoms with Crippen LogP contribution in [0, 0.1) is 18.3 Å². The van der Waals surface area contributed by atoms with E-state index in [1.54, 1.807) is 25.1 Å². The van der Waals surface area contributed by atoms with E-state index in [2.05, 4.69) is 10.3 Å². The molecule has 0 aliphatic rings. The maximum atomic E-state index is 12.1. The van der Waals surface area contributed by atoms with Crippen LogP contribution in [0.1, 0.15) is 21.6 Å². The Balaban J connectivity index is 2.26. The number of nitrogens with two attached hydrogens (primary N) is 1. The molecule has 0 fully saturated rings. The van der Waals surface area contributed by atoms with Crippen LogP contribution < -0.4 is 11.1 Å². The van der Waals surface area contributed by atoms with E-state index in [4.69, 9.17) is 22.6 Å². The van der Waals surface area contributed by atoms with Crippen LogP contribution in [0.4, 0.5) is 11.4 Å². The summed E-state index contributed by atoms with van der Waals surface area (Å²) in [5.74, 6) is -0.401. The molecule has 1 heterocycles. The number of nitriles is 1. The summed E-state index contributed by atoms with van der Waals surface area (Å²) in [5, 5.41) is 11.7. The molecule has 0 saturated heterocycles. The molecule has 0 atom stereocenters. The minimum absolute atomic E-state index is 0.274. The number of amides is 1. The van der Waals surface area contributed by atoms with Gasteiger partial charge < -0.3 is 11.1 Å². The van der Waals surface area contributed by atoms with Gasteiger partial charge >= 0.3 is 0 Å². The molecule has 0 aliphatic heterocycles. The molecule has 2 rings (SSSR count). The van der Waals surface area contributed by atoms with Crippen LogP contribution in [-0.4, -0.2) is 10.9 Å². The van der Waals surface area contributed by atoms with Gasteiger partial charge in [-0.3, -0.25) is 9.78 Å². The predicted octanol–water partition coefficient (Wildman–Crippen LogP) is 2.75. The number of carbonyl (C=O) groups is 1. The van der Waals surface area contributed by atoms with Gasteiger partial charge in [0.2, 0.25) is 0 Å². The molecule has 1 amide bonds. The number of nitrogens with one attached hydrogen (secondary N) is 1. The summed E-state index contributed by atoms with van der Waals surface area (Å²) in [6.45, 7) is 1.79. The van der Waals surface area contributed by atoms with E-state index in [0.717, 1.165) is 5.69 Å². The molecule has 0 bridgehead atoms. The number of aromatic nitrogens is 1. The van der Waals surface area contributed by atoms with E-state index >= 15 is 0 Å². The molecule has 0 aliphatic carbocycles. The number of pyridine rings is 1. The van der Waals surface area contributed by atoms with Crippen LogP contribution in [0.2, 0.25) is 5.02 Å². The van der Waals surface area contributed by atoms with E-state index in [0.29, 0.717) is 16.9 Å². The van der Waals surface area contributed by atoms with Gasteiger partial charge in [-0.05, 0) is 31.2 Å². The smallest absolute Gasteiger partial charge is 0.259 e. The molecule has 0 saturated carbocycles. The molecule has 1 aromatic heterocycles. The summed E-state index contributed by atoms with van der Waals surface area (Å²) in [4.78, 5) is 16.1. The molecule has 0 unspecified atom stereocenters. The van der Waals surface area contributed by atoms with E-state index < -0.39 is 5.91 Å². The molecule has 0 radical (unpaired) electrons. The summed E-state index contributed by atoms with van der Waals surface area (Å²) in [6.07, 6.45) is 1.41. The first-order chi connectivity index (χ1) is 9.51. The fourth-order valence-electron chi connectivity index (χ4n) is 1.65. The highest BCUT2D eigenvalue weighted by molar-refractivity contribution is 6.34. The highest BCUT2D eigenvalue weighted by Gasteiger charge is 2.12. The Morgan fingerprint density at radius 1 is 1.45 bits per heavy atom. The van der Waals surface area contributed by atoms with Crippen LogP contribution in [-0.2, 0) is 0 Å². The third-order valence-corrected chi connectivity index (χ3v) is 2.98. The van der Waals surface area contributed by atoms with Gasteiger partial charge in [0.05, 0.1) is 27.9 Å². The number of hydrogen-bond acceptors (Lipinski definition) is 4. The second kappa shape index (κ2) is 5.59. The number of hydrogen-bond donors (Lipinski definition) is 2. The molecule has 3 N–H and O–H groups in total. The van der Waals surface area contributed by atoms with Crippen molar-refractivity contribution in [2.24, 2.45) is 0 Å². The van der Waals surface area contributed by atoms with Crippen molar-refractivity contribution in [3.05, 3.63) is 52.3 Å². The van der Waals surface area contributed by atoms with Gasteiger partial charge in [0.25, 0.3) is 5.91 Å². The number of nitrogens with zero attached hydrogens (tertiary/aromatic N) is 2. The van der Waals surface area contributed by atoms with E-state index in [9.17, 15) is 4.79 Å². The number of carbonyl (C=O) groups excluding carboxylic acids is 1. The molecule has 100 valence electrons. The lowest BCUT2D eigenvalue weighted by molar-refractivity contribution is 0.102. The van der Waals surface area contributed by atoms with Crippen LogP contribution in [0.15, 0.2) is 30.5 Å². The van der Waals surface area contributed by atoms with Gasteiger partial charge in [-0.2, -0.15) is 5.26 Å². The van der Waals surface area contributed by atoms with Crippen molar-refractivity contribution in [1.29, 1.82) is 5.26 Å². The quantitative estimate of drug-likeness (QED) is 0.888. The minimum atomic E-state index is -0.401. The summed E-state index contributed by atoms with van der Waals surface area (Å²) < 4.78 is 0. The lowest BCUT2D eigenvalue weighted by Crippen LogP contribution is -2.15. The van der Waals surface area contributed by atoms with Crippen LogP contribution in [0.5, 0.6) is 0 Å². The van der Waals surface area contributed by atoms with Gasteiger partial charge in [0.1, 0.15) is 0 Å². The first-order valence-electron chi connectivity index (χ1n) is 5.74. The predicted molar refractivity (Wildman–Crippen MR) is 77.5 cm³/mol. The third-order valence-electron chi connectivity index (χ3n) is 2.66. The number of benzene rings is 1. The van der Waals surface area contributed by atoms with Crippen molar-refractivity contribution in [2.75, 3.05) is 11.1 Å². The average Bonchev–Trinajstić information content (AvgIpc) is 2.40. The van der Waals surface area contributed by atoms with Gasteiger partial charge in [-0.25, -0.2) is 0 Å². The lowest BCUT2D eigenvalue weighted by atomic mass is 10.2. The summed E-state index contributed by atoms with van der Waals surface area (Å²) in [7, 11) is 0. The molecular weight excluding hydrogens is 276 g/mol. The number of aryl methyl sites for hydroxylation is 1. The van der Waals surface area contributed by atoms with Gasteiger partial charge in [-0.1, -0.05) is 11.6 Å². The summed E-state index contributed by atoms with van der Waals surface area (Å²) in [5.41, 5.74) is 7.97. The molecule has 20 heavy (non-hydrogen) atoms. The molecule has 6 heteroatoms. The maximum Gasteiger partial charge on any atom is 0.259 e. The molecular formula is C14H11ClN4O. The Hall–Kier alpha value is -2.58. The lowest BCUT2D eigenvalue weighted by Gasteiger charge is -2.09. The molecule has 2 aromatic rings. The third kappa shape index (κ3) is 2.87. The standard InChI is InChI=1S/C14H11ClN4O/c1-8-4-12(17)10(7-18-8)14(20)19-13-3-2-9(6-16)5-11(13)15/h2-5,7H,1H3,(H2,17,18)(H,19,20). The van der Waals surface area contributed by atoms with Crippen molar-refractivity contribution >= 4 is 28.9 Å².